The van der Waals surface area contributed by atoms with Gasteiger partial charge in [-0.25, -0.2) is 9.97 Å². The molecule has 0 saturated heterocycles. The van der Waals surface area contributed by atoms with E-state index in [2.05, 4.69) is 56.6 Å². The molecular weight excluding hydrogens is 452 g/mol. The first-order valence-corrected chi connectivity index (χ1v) is 12.2. The zero-order chi connectivity index (χ0) is 25.1. The van der Waals surface area contributed by atoms with E-state index in [1.807, 2.05) is 30.3 Å². The number of nitrogens with one attached hydrogen (secondary N) is 2. The van der Waals surface area contributed by atoms with Crippen LogP contribution in [0.25, 0.3) is 22.2 Å². The van der Waals surface area contributed by atoms with E-state index in [1.54, 1.807) is 25.6 Å². The van der Waals surface area contributed by atoms with E-state index in [4.69, 9.17) is 4.74 Å². The minimum atomic E-state index is -0.105. The summed E-state index contributed by atoms with van der Waals surface area (Å²) in [6, 6.07) is 15.9. The van der Waals surface area contributed by atoms with E-state index in [1.165, 1.54) is 0 Å². The van der Waals surface area contributed by atoms with Crippen LogP contribution in [0.5, 0.6) is 5.75 Å². The van der Waals surface area contributed by atoms with Crippen LogP contribution in [0.4, 0.5) is 11.5 Å². The van der Waals surface area contributed by atoms with E-state index in [9.17, 15) is 4.79 Å². The molecule has 184 valence electrons. The Morgan fingerprint density at radius 1 is 1.14 bits per heavy atom. The maximum absolute atomic E-state index is 12.3. The van der Waals surface area contributed by atoms with Gasteiger partial charge >= 0.3 is 0 Å². The van der Waals surface area contributed by atoms with Gasteiger partial charge in [0.25, 0.3) is 5.91 Å². The largest absolute Gasteiger partial charge is 0.490 e. The number of anilines is 2. The second kappa shape index (κ2) is 10.2. The third kappa shape index (κ3) is 4.66. The van der Waals surface area contributed by atoms with Crippen LogP contribution < -0.4 is 20.3 Å². The smallest absolute Gasteiger partial charge is 0.251 e. The quantitative estimate of drug-likeness (QED) is 0.401. The number of aromatic nitrogens is 3. The van der Waals surface area contributed by atoms with Gasteiger partial charge in [-0.1, -0.05) is 25.1 Å². The minimum absolute atomic E-state index is 0.105. The molecule has 0 radical (unpaired) electrons. The van der Waals surface area contributed by atoms with Crippen LogP contribution in [-0.4, -0.2) is 54.7 Å². The molecule has 1 unspecified atom stereocenters. The maximum Gasteiger partial charge on any atom is 0.251 e. The Kier molecular flexibility index (Phi) is 6.66. The summed E-state index contributed by atoms with van der Waals surface area (Å²) < 4.78 is 5.76. The van der Waals surface area contributed by atoms with Crippen molar-refractivity contribution in [3.63, 3.8) is 0 Å². The molecule has 2 N–H and O–H groups in total. The lowest BCUT2D eigenvalue weighted by Crippen LogP contribution is -2.28. The summed E-state index contributed by atoms with van der Waals surface area (Å²) in [5.74, 6) is 1.82. The van der Waals surface area contributed by atoms with Crippen LogP contribution in [0.2, 0.25) is 0 Å². The van der Waals surface area contributed by atoms with Crippen molar-refractivity contribution >= 4 is 28.3 Å². The minimum Gasteiger partial charge on any atom is -0.490 e. The summed E-state index contributed by atoms with van der Waals surface area (Å²) in [6.45, 7) is 4.49. The fraction of sp³-hybridized carbons (Fsp3) is 0.286. The van der Waals surface area contributed by atoms with Crippen molar-refractivity contribution in [2.24, 2.45) is 0 Å². The Bertz CT molecular complexity index is 1410. The molecule has 0 aliphatic carbocycles. The van der Waals surface area contributed by atoms with Gasteiger partial charge in [-0.15, -0.1) is 0 Å². The lowest BCUT2D eigenvalue weighted by molar-refractivity contribution is 0.0964. The zero-order valence-electron chi connectivity index (χ0n) is 20.8. The van der Waals surface area contributed by atoms with Crippen molar-refractivity contribution in [1.29, 1.82) is 0 Å². The second-order valence-electron chi connectivity index (χ2n) is 9.04. The molecule has 1 amide bonds. The number of hydrogen-bond acceptors (Lipinski definition) is 7. The van der Waals surface area contributed by atoms with Gasteiger partial charge in [-0.2, -0.15) is 0 Å². The number of likely N-dealkylation sites (N-methyl/N-ethyl adjacent to an activating group) is 1. The highest BCUT2D eigenvalue weighted by molar-refractivity contribution is 6.06. The summed E-state index contributed by atoms with van der Waals surface area (Å²) in [7, 11) is 3.72. The molecule has 3 heterocycles. The summed E-state index contributed by atoms with van der Waals surface area (Å²) >= 11 is 0. The number of fused-ring (bicyclic) bond motifs is 2. The summed E-state index contributed by atoms with van der Waals surface area (Å²) in [4.78, 5) is 28.0. The predicted octanol–water partition coefficient (Wildman–Crippen LogP) is 4.49. The molecule has 1 aliphatic heterocycles. The standard InChI is InChI=1S/C28H30N6O2/c1-18(20-5-4-6-21-22(28(35)29-2)10-12-31-27(20)21)9-11-30-26-16-23(32-17-33-26)19-7-8-25-24(15-19)34(3)13-14-36-25/h4-8,10,12,15-18H,9,11,13-14H2,1-3H3,(H,29,35)(H,30,32,33). The Hall–Kier alpha value is -4.20. The number of carbonyl (C=O) groups is 1. The van der Waals surface area contributed by atoms with Crippen molar-refractivity contribution in [1.82, 2.24) is 20.3 Å². The zero-order valence-corrected chi connectivity index (χ0v) is 20.8. The molecular formula is C28H30N6O2. The topological polar surface area (TPSA) is 92.3 Å². The highest BCUT2D eigenvalue weighted by Gasteiger charge is 2.17. The highest BCUT2D eigenvalue weighted by Crippen LogP contribution is 2.34. The third-order valence-electron chi connectivity index (χ3n) is 6.71. The van der Waals surface area contributed by atoms with E-state index in [0.717, 1.165) is 64.5 Å². The van der Waals surface area contributed by atoms with E-state index in [0.29, 0.717) is 12.2 Å². The summed E-state index contributed by atoms with van der Waals surface area (Å²) in [5.41, 5.74) is 5.61. The normalized spacial score (nSPS) is 13.6. The molecule has 1 atom stereocenters. The number of amides is 1. The first-order chi connectivity index (χ1) is 17.5. The number of rotatable bonds is 7. The van der Waals surface area contributed by atoms with Crippen LogP contribution in [0.1, 0.15) is 35.2 Å². The van der Waals surface area contributed by atoms with Crippen molar-refractivity contribution in [3.05, 3.63) is 72.2 Å². The first kappa shape index (κ1) is 23.5. The molecule has 8 nitrogen and oxygen atoms in total. The molecule has 0 fully saturated rings. The monoisotopic (exact) mass is 482 g/mol. The van der Waals surface area contributed by atoms with Gasteiger partial charge in [0.15, 0.2) is 0 Å². The second-order valence-corrected chi connectivity index (χ2v) is 9.04. The number of ether oxygens (including phenoxy) is 1. The molecule has 4 aromatic rings. The summed E-state index contributed by atoms with van der Waals surface area (Å²) in [5, 5.41) is 7.02. The highest BCUT2D eigenvalue weighted by atomic mass is 16.5. The molecule has 0 saturated carbocycles. The fourth-order valence-electron chi connectivity index (χ4n) is 4.62. The van der Waals surface area contributed by atoms with E-state index in [-0.39, 0.29) is 11.8 Å². The van der Waals surface area contributed by atoms with Crippen LogP contribution in [0, 0.1) is 0 Å². The Morgan fingerprint density at radius 3 is 2.89 bits per heavy atom. The number of benzene rings is 2. The van der Waals surface area contributed by atoms with Gasteiger partial charge in [-0.05, 0) is 42.2 Å². The third-order valence-corrected chi connectivity index (χ3v) is 6.71. The van der Waals surface area contributed by atoms with E-state index >= 15 is 0 Å². The molecule has 36 heavy (non-hydrogen) atoms. The SMILES string of the molecule is CNC(=O)c1ccnc2c(C(C)CCNc3cc(-c4ccc5c(c4)N(C)CCO5)ncn3)cccc12. The number of carbonyl (C=O) groups excluding carboxylic acids is 1. The number of pyridine rings is 1. The fourth-order valence-corrected chi connectivity index (χ4v) is 4.62. The molecule has 0 spiro atoms. The molecule has 1 aliphatic rings. The Balaban J connectivity index is 1.28. The Morgan fingerprint density at radius 2 is 2.03 bits per heavy atom. The van der Waals surface area contributed by atoms with Crippen molar-refractivity contribution < 1.29 is 9.53 Å². The van der Waals surface area contributed by atoms with Crippen LogP contribution >= 0.6 is 0 Å². The van der Waals surface area contributed by atoms with E-state index < -0.39 is 0 Å². The molecule has 2 aromatic carbocycles. The first-order valence-electron chi connectivity index (χ1n) is 12.2. The predicted molar refractivity (Wildman–Crippen MR) is 143 cm³/mol. The molecule has 8 heteroatoms. The summed E-state index contributed by atoms with van der Waals surface area (Å²) in [6.07, 6.45) is 4.18. The van der Waals surface area contributed by atoms with Crippen LogP contribution in [0.3, 0.4) is 0 Å². The van der Waals surface area contributed by atoms with Gasteiger partial charge in [0, 0.05) is 43.9 Å². The average molecular weight is 483 g/mol. The lowest BCUT2D eigenvalue weighted by Gasteiger charge is -2.28. The van der Waals surface area contributed by atoms with Crippen molar-refractivity contribution in [2.45, 2.75) is 19.3 Å². The molecule has 5 rings (SSSR count). The maximum atomic E-state index is 12.3. The molecule has 2 aromatic heterocycles. The van der Waals surface area contributed by atoms with Crippen LogP contribution in [-0.2, 0) is 0 Å². The molecule has 0 bridgehead atoms. The number of nitrogens with zero attached hydrogens (tertiary/aromatic N) is 4. The van der Waals surface area contributed by atoms with Gasteiger partial charge in [0.2, 0.25) is 0 Å². The van der Waals surface area contributed by atoms with Gasteiger partial charge < -0.3 is 20.3 Å². The van der Waals surface area contributed by atoms with Crippen molar-refractivity contribution in [2.75, 3.05) is 44.0 Å². The van der Waals surface area contributed by atoms with Gasteiger partial charge in [0.1, 0.15) is 24.5 Å². The lowest BCUT2D eigenvalue weighted by atomic mass is 9.93. The average Bonchev–Trinajstić information content (AvgIpc) is 2.92. The van der Waals surface area contributed by atoms with Gasteiger partial charge in [-0.3, -0.25) is 9.78 Å². The number of hydrogen-bond donors (Lipinski definition) is 2. The number of para-hydroxylation sites is 1. The Labute approximate surface area is 210 Å². The van der Waals surface area contributed by atoms with Gasteiger partial charge in [0.05, 0.1) is 29.0 Å². The van der Waals surface area contributed by atoms with Crippen LogP contribution in [0.15, 0.2) is 61.1 Å². The van der Waals surface area contributed by atoms with Crippen molar-refractivity contribution in [3.8, 4) is 17.0 Å².